The molecule has 0 bridgehead atoms. The van der Waals surface area contributed by atoms with Crippen LogP contribution >= 0.6 is 11.8 Å². The molecule has 1 aromatic carbocycles. The monoisotopic (exact) mass is 300 g/mol. The van der Waals surface area contributed by atoms with Crippen LogP contribution in [0.3, 0.4) is 0 Å². The SMILES string of the molecule is COC(=O)CCSc1cc([N+](=O)[O-])cc([N+](=O)[O-])c1C. The number of methoxy groups -OCH3 is 1. The third-order valence-electron chi connectivity index (χ3n) is 2.52. The summed E-state index contributed by atoms with van der Waals surface area (Å²) >= 11 is 1.14. The van der Waals surface area contributed by atoms with E-state index in [1.54, 1.807) is 0 Å². The van der Waals surface area contributed by atoms with Gasteiger partial charge in [-0.05, 0) is 6.92 Å². The summed E-state index contributed by atoms with van der Waals surface area (Å²) in [5, 5.41) is 21.6. The zero-order valence-corrected chi connectivity index (χ0v) is 11.6. The van der Waals surface area contributed by atoms with E-state index in [0.717, 1.165) is 17.8 Å². The molecule has 108 valence electrons. The molecule has 0 spiro atoms. The lowest BCUT2D eigenvalue weighted by atomic mass is 10.2. The largest absolute Gasteiger partial charge is 0.469 e. The predicted octanol–water partition coefficient (Wildman–Crippen LogP) is 2.47. The number of non-ortho nitro benzene ring substituents is 1. The van der Waals surface area contributed by atoms with Crippen molar-refractivity contribution in [2.75, 3.05) is 12.9 Å². The summed E-state index contributed by atoms with van der Waals surface area (Å²) < 4.78 is 4.47. The Hall–Kier alpha value is -2.16. The second-order valence-corrected chi connectivity index (χ2v) is 4.91. The minimum atomic E-state index is -0.684. The fraction of sp³-hybridized carbons (Fsp3) is 0.364. The van der Waals surface area contributed by atoms with Crippen LogP contribution in [0.5, 0.6) is 0 Å². The Morgan fingerprint density at radius 2 is 1.95 bits per heavy atom. The Labute approximate surface area is 118 Å². The number of hydrogen-bond acceptors (Lipinski definition) is 7. The summed E-state index contributed by atoms with van der Waals surface area (Å²) in [6, 6.07) is 2.20. The molecule has 0 saturated heterocycles. The van der Waals surface area contributed by atoms with Gasteiger partial charge in [-0.2, -0.15) is 0 Å². The summed E-state index contributed by atoms with van der Waals surface area (Å²) in [4.78, 5) is 31.7. The maximum Gasteiger partial charge on any atom is 0.306 e. The van der Waals surface area contributed by atoms with Crippen molar-refractivity contribution in [3.63, 3.8) is 0 Å². The number of nitro benzene ring substituents is 2. The number of rotatable bonds is 6. The van der Waals surface area contributed by atoms with Gasteiger partial charge in [-0.25, -0.2) is 0 Å². The second kappa shape index (κ2) is 6.85. The normalized spacial score (nSPS) is 10.1. The van der Waals surface area contributed by atoms with Crippen LogP contribution in [0.4, 0.5) is 11.4 Å². The molecular weight excluding hydrogens is 288 g/mol. The van der Waals surface area contributed by atoms with Crippen LogP contribution in [-0.2, 0) is 9.53 Å². The second-order valence-electron chi connectivity index (χ2n) is 3.78. The van der Waals surface area contributed by atoms with E-state index in [1.807, 2.05) is 0 Å². The van der Waals surface area contributed by atoms with Crippen molar-refractivity contribution in [1.29, 1.82) is 0 Å². The van der Waals surface area contributed by atoms with E-state index in [4.69, 9.17) is 0 Å². The van der Waals surface area contributed by atoms with Gasteiger partial charge in [0.2, 0.25) is 0 Å². The molecule has 0 aromatic heterocycles. The molecule has 1 aromatic rings. The summed E-state index contributed by atoms with van der Waals surface area (Å²) in [5.74, 6) is -0.0821. The molecule has 0 radical (unpaired) electrons. The Bertz CT molecular complexity index is 560. The number of esters is 1. The average Bonchev–Trinajstić information content (AvgIpc) is 2.39. The van der Waals surface area contributed by atoms with Crippen LogP contribution in [0, 0.1) is 27.2 Å². The Kier molecular flexibility index (Phi) is 5.44. The number of ether oxygens (including phenoxy) is 1. The predicted molar refractivity (Wildman–Crippen MR) is 71.8 cm³/mol. The van der Waals surface area contributed by atoms with Crippen LogP contribution in [0.15, 0.2) is 17.0 Å². The first-order chi connectivity index (χ1) is 9.36. The van der Waals surface area contributed by atoms with Crippen LogP contribution in [0.1, 0.15) is 12.0 Å². The van der Waals surface area contributed by atoms with E-state index in [9.17, 15) is 25.0 Å². The molecule has 0 aliphatic carbocycles. The zero-order valence-electron chi connectivity index (χ0n) is 10.8. The molecule has 20 heavy (non-hydrogen) atoms. The Morgan fingerprint density at radius 3 is 2.45 bits per heavy atom. The van der Waals surface area contributed by atoms with E-state index in [2.05, 4.69) is 4.74 Å². The zero-order chi connectivity index (χ0) is 15.3. The summed E-state index contributed by atoms with van der Waals surface area (Å²) in [6.07, 6.45) is 0.122. The molecule has 0 N–H and O–H groups in total. The smallest absolute Gasteiger partial charge is 0.306 e. The molecular formula is C11H12N2O6S. The highest BCUT2D eigenvalue weighted by Crippen LogP contribution is 2.34. The maximum absolute atomic E-state index is 11.0. The molecule has 0 unspecified atom stereocenters. The number of hydrogen-bond donors (Lipinski definition) is 0. The molecule has 0 atom stereocenters. The molecule has 0 heterocycles. The van der Waals surface area contributed by atoms with E-state index < -0.39 is 15.8 Å². The van der Waals surface area contributed by atoms with Crippen LogP contribution < -0.4 is 0 Å². The van der Waals surface area contributed by atoms with Gasteiger partial charge in [-0.1, -0.05) is 0 Å². The summed E-state index contributed by atoms with van der Waals surface area (Å²) in [6.45, 7) is 1.52. The highest BCUT2D eigenvalue weighted by molar-refractivity contribution is 7.99. The van der Waals surface area contributed by atoms with Crippen molar-refractivity contribution < 1.29 is 19.4 Å². The molecule has 0 fully saturated rings. The van der Waals surface area contributed by atoms with E-state index in [-0.39, 0.29) is 17.8 Å². The summed E-state index contributed by atoms with van der Waals surface area (Å²) in [5.41, 5.74) is -0.307. The molecule has 9 heteroatoms. The standard InChI is InChI=1S/C11H12N2O6S/c1-7-9(13(17)18)5-8(12(15)16)6-10(7)20-4-3-11(14)19-2/h5-6H,3-4H2,1-2H3. The van der Waals surface area contributed by atoms with Gasteiger partial charge in [0.15, 0.2) is 0 Å². The number of nitro groups is 2. The molecule has 0 saturated carbocycles. The average molecular weight is 300 g/mol. The molecule has 0 aliphatic rings. The number of nitrogens with zero attached hydrogens (tertiary/aromatic N) is 2. The highest BCUT2D eigenvalue weighted by atomic mass is 32.2. The van der Waals surface area contributed by atoms with Gasteiger partial charge >= 0.3 is 5.97 Å². The van der Waals surface area contributed by atoms with Crippen molar-refractivity contribution >= 4 is 29.1 Å². The number of thioether (sulfide) groups is 1. The van der Waals surface area contributed by atoms with Gasteiger partial charge in [0.1, 0.15) is 0 Å². The first-order valence-corrected chi connectivity index (χ1v) is 6.48. The van der Waals surface area contributed by atoms with Gasteiger partial charge < -0.3 is 4.74 Å². The third-order valence-corrected chi connectivity index (χ3v) is 3.66. The molecule has 0 aliphatic heterocycles. The van der Waals surface area contributed by atoms with Gasteiger partial charge in [0.25, 0.3) is 11.4 Å². The number of carbonyl (C=O) groups is 1. The first-order valence-electron chi connectivity index (χ1n) is 5.50. The maximum atomic E-state index is 11.0. The Balaban J connectivity index is 3.02. The van der Waals surface area contributed by atoms with Crippen LogP contribution in [0.2, 0.25) is 0 Å². The van der Waals surface area contributed by atoms with Crippen molar-refractivity contribution in [2.45, 2.75) is 18.2 Å². The number of carbonyl (C=O) groups excluding carboxylic acids is 1. The highest BCUT2D eigenvalue weighted by Gasteiger charge is 2.21. The molecule has 0 amide bonds. The van der Waals surface area contributed by atoms with Crippen LogP contribution in [0.25, 0.3) is 0 Å². The van der Waals surface area contributed by atoms with Crippen molar-refractivity contribution in [3.05, 3.63) is 37.9 Å². The van der Waals surface area contributed by atoms with E-state index in [1.165, 1.54) is 20.1 Å². The minimum Gasteiger partial charge on any atom is -0.469 e. The lowest BCUT2D eigenvalue weighted by molar-refractivity contribution is -0.394. The fourth-order valence-corrected chi connectivity index (χ4v) is 2.46. The number of benzene rings is 1. The fourth-order valence-electron chi connectivity index (χ4n) is 1.45. The minimum absolute atomic E-state index is 0.122. The molecule has 8 nitrogen and oxygen atoms in total. The lowest BCUT2D eigenvalue weighted by Crippen LogP contribution is -2.02. The van der Waals surface area contributed by atoms with Crippen molar-refractivity contribution in [2.24, 2.45) is 0 Å². The third kappa shape index (κ3) is 3.92. The van der Waals surface area contributed by atoms with Gasteiger partial charge in [0.05, 0.1) is 29.4 Å². The van der Waals surface area contributed by atoms with E-state index in [0.29, 0.717) is 16.2 Å². The van der Waals surface area contributed by atoms with Crippen molar-refractivity contribution in [3.8, 4) is 0 Å². The van der Waals surface area contributed by atoms with Gasteiger partial charge in [-0.15, -0.1) is 11.8 Å². The first kappa shape index (κ1) is 15.9. The van der Waals surface area contributed by atoms with E-state index >= 15 is 0 Å². The van der Waals surface area contributed by atoms with Gasteiger partial charge in [-0.3, -0.25) is 25.0 Å². The van der Waals surface area contributed by atoms with Crippen LogP contribution in [-0.4, -0.2) is 28.7 Å². The summed E-state index contributed by atoms with van der Waals surface area (Å²) in [7, 11) is 1.26. The van der Waals surface area contributed by atoms with Crippen molar-refractivity contribution in [1.82, 2.24) is 0 Å². The van der Waals surface area contributed by atoms with Gasteiger partial charge in [0, 0.05) is 22.3 Å². The molecule has 1 rings (SSSR count). The lowest BCUT2D eigenvalue weighted by Gasteiger charge is -2.06. The quantitative estimate of drug-likeness (QED) is 0.343. The Morgan fingerprint density at radius 1 is 1.30 bits per heavy atom. The topological polar surface area (TPSA) is 113 Å².